The van der Waals surface area contributed by atoms with Gasteiger partial charge in [0.15, 0.2) is 0 Å². The van der Waals surface area contributed by atoms with Crippen molar-refractivity contribution < 1.29 is 14.3 Å². The molecule has 0 saturated carbocycles. The maximum atomic E-state index is 11.0. The first-order valence-corrected chi connectivity index (χ1v) is 3.94. The van der Waals surface area contributed by atoms with E-state index in [1.165, 1.54) is 6.92 Å². The number of amides is 1. The van der Waals surface area contributed by atoms with E-state index in [4.69, 9.17) is 5.26 Å². The van der Waals surface area contributed by atoms with Crippen molar-refractivity contribution in [2.24, 2.45) is 0 Å². The minimum absolute atomic E-state index is 0.246. The summed E-state index contributed by atoms with van der Waals surface area (Å²) in [5.74, 6) is -0.961. The fourth-order valence-corrected chi connectivity index (χ4v) is 0.691. The molecule has 0 aliphatic rings. The number of nitrogens with one attached hydrogen (secondary N) is 1. The quantitative estimate of drug-likeness (QED) is 0.622. The van der Waals surface area contributed by atoms with E-state index in [0.717, 1.165) is 0 Å². The first-order valence-electron chi connectivity index (χ1n) is 3.94. The summed E-state index contributed by atoms with van der Waals surface area (Å²) < 4.78 is 4.65. The van der Waals surface area contributed by atoms with Crippen molar-refractivity contribution >= 4 is 11.9 Å². The zero-order valence-electron chi connectivity index (χ0n) is 7.66. The third kappa shape index (κ3) is 4.80. The van der Waals surface area contributed by atoms with E-state index < -0.39 is 17.9 Å². The van der Waals surface area contributed by atoms with Gasteiger partial charge >= 0.3 is 5.97 Å². The van der Waals surface area contributed by atoms with Crippen LogP contribution in [0.3, 0.4) is 0 Å². The van der Waals surface area contributed by atoms with Crippen molar-refractivity contribution in [2.75, 3.05) is 6.61 Å². The molecule has 13 heavy (non-hydrogen) atoms. The van der Waals surface area contributed by atoms with Crippen LogP contribution in [0.25, 0.3) is 0 Å². The number of hydrogen-bond donors (Lipinski definition) is 1. The van der Waals surface area contributed by atoms with Gasteiger partial charge in [0.1, 0.15) is 12.5 Å². The van der Waals surface area contributed by atoms with Gasteiger partial charge in [-0.15, -0.1) is 0 Å². The lowest BCUT2D eigenvalue weighted by molar-refractivity contribution is -0.146. The summed E-state index contributed by atoms with van der Waals surface area (Å²) in [4.78, 5) is 21.8. The highest BCUT2D eigenvalue weighted by atomic mass is 16.5. The number of carbonyl (C=O) groups is 2. The number of nitrogens with zero attached hydrogens (tertiary/aromatic N) is 1. The highest BCUT2D eigenvalue weighted by Gasteiger charge is 2.15. The second kappa shape index (κ2) is 6.00. The van der Waals surface area contributed by atoms with Gasteiger partial charge in [0.2, 0.25) is 5.91 Å². The van der Waals surface area contributed by atoms with E-state index in [2.05, 4.69) is 10.1 Å². The van der Waals surface area contributed by atoms with Crippen molar-refractivity contribution in [2.45, 2.75) is 26.3 Å². The molecule has 1 unspecified atom stereocenters. The normalized spacial score (nSPS) is 11.2. The van der Waals surface area contributed by atoms with Crippen molar-refractivity contribution in [3.8, 4) is 6.07 Å². The molecule has 0 rings (SSSR count). The smallest absolute Gasteiger partial charge is 0.328 e. The van der Waals surface area contributed by atoms with Crippen LogP contribution >= 0.6 is 0 Å². The highest BCUT2D eigenvalue weighted by molar-refractivity contribution is 5.85. The Labute approximate surface area is 76.7 Å². The standard InChI is InChI=1S/C8H12N2O3/c1-3-13-8(12)6(2)10-7(11)4-5-9/h6H,3-4H2,1-2H3,(H,10,11). The Morgan fingerprint density at radius 1 is 1.62 bits per heavy atom. The Morgan fingerprint density at radius 3 is 2.69 bits per heavy atom. The Balaban J connectivity index is 3.86. The molecule has 0 bridgehead atoms. The second-order valence-electron chi connectivity index (χ2n) is 2.38. The lowest BCUT2D eigenvalue weighted by atomic mass is 10.3. The summed E-state index contributed by atoms with van der Waals surface area (Å²) in [6.07, 6.45) is -0.246. The molecule has 0 spiro atoms. The molecule has 0 aromatic heterocycles. The Bertz CT molecular complexity index is 232. The summed E-state index contributed by atoms with van der Waals surface area (Å²) in [5, 5.41) is 10.5. The molecule has 1 amide bonds. The van der Waals surface area contributed by atoms with Crippen molar-refractivity contribution in [1.29, 1.82) is 5.26 Å². The molecule has 0 fully saturated rings. The molecule has 0 aromatic carbocycles. The number of hydrogen-bond acceptors (Lipinski definition) is 4. The molecule has 0 heterocycles. The summed E-state index contributed by atoms with van der Waals surface area (Å²) in [5.41, 5.74) is 0. The van der Waals surface area contributed by atoms with Crippen molar-refractivity contribution in [3.63, 3.8) is 0 Å². The van der Waals surface area contributed by atoms with Crippen LogP contribution in [-0.4, -0.2) is 24.5 Å². The van der Waals surface area contributed by atoms with E-state index in [1.54, 1.807) is 13.0 Å². The topological polar surface area (TPSA) is 79.2 Å². The van der Waals surface area contributed by atoms with Crippen molar-refractivity contribution in [1.82, 2.24) is 5.32 Å². The lowest BCUT2D eigenvalue weighted by Gasteiger charge is -2.10. The predicted molar refractivity (Wildman–Crippen MR) is 44.5 cm³/mol. The molecular formula is C8H12N2O3. The molecule has 72 valence electrons. The first kappa shape index (κ1) is 11.4. The van der Waals surface area contributed by atoms with Crippen LogP contribution in [0.4, 0.5) is 0 Å². The van der Waals surface area contributed by atoms with Gasteiger partial charge in [-0.1, -0.05) is 0 Å². The van der Waals surface area contributed by atoms with Crippen LogP contribution in [0.1, 0.15) is 20.3 Å². The minimum atomic E-state index is -0.694. The second-order valence-corrected chi connectivity index (χ2v) is 2.38. The van der Waals surface area contributed by atoms with Crippen LogP contribution in [0.5, 0.6) is 0 Å². The highest BCUT2D eigenvalue weighted by Crippen LogP contribution is 1.88. The summed E-state index contributed by atoms with van der Waals surface area (Å²) >= 11 is 0. The molecular weight excluding hydrogens is 172 g/mol. The third-order valence-corrected chi connectivity index (χ3v) is 1.26. The molecule has 0 aliphatic heterocycles. The van der Waals surface area contributed by atoms with E-state index in [9.17, 15) is 9.59 Å². The summed E-state index contributed by atoms with van der Waals surface area (Å²) in [6.45, 7) is 3.46. The van der Waals surface area contributed by atoms with E-state index >= 15 is 0 Å². The van der Waals surface area contributed by atoms with Gasteiger partial charge in [0.05, 0.1) is 12.7 Å². The molecule has 0 radical (unpaired) electrons. The van der Waals surface area contributed by atoms with Gasteiger partial charge < -0.3 is 10.1 Å². The van der Waals surface area contributed by atoms with Gasteiger partial charge in [-0.2, -0.15) is 5.26 Å². The van der Waals surface area contributed by atoms with Crippen LogP contribution < -0.4 is 5.32 Å². The van der Waals surface area contributed by atoms with Gasteiger partial charge in [0.25, 0.3) is 0 Å². The zero-order chi connectivity index (χ0) is 10.3. The lowest BCUT2D eigenvalue weighted by Crippen LogP contribution is -2.39. The number of rotatable bonds is 4. The minimum Gasteiger partial charge on any atom is -0.464 e. The average Bonchev–Trinajstić information content (AvgIpc) is 2.05. The Hall–Kier alpha value is -1.57. The summed E-state index contributed by atoms with van der Waals surface area (Å²) in [7, 11) is 0. The predicted octanol–water partition coefficient (Wildman–Crippen LogP) is -0.0321. The fourth-order valence-electron chi connectivity index (χ4n) is 0.691. The Kier molecular flexibility index (Phi) is 5.28. The largest absolute Gasteiger partial charge is 0.464 e. The Morgan fingerprint density at radius 2 is 2.23 bits per heavy atom. The molecule has 0 aromatic rings. The molecule has 1 atom stereocenters. The van der Waals surface area contributed by atoms with E-state index in [1.807, 2.05) is 0 Å². The number of nitriles is 1. The molecule has 5 heteroatoms. The number of ether oxygens (including phenoxy) is 1. The molecule has 5 nitrogen and oxygen atoms in total. The maximum absolute atomic E-state index is 11.0. The van der Waals surface area contributed by atoms with Gasteiger partial charge in [-0.05, 0) is 13.8 Å². The van der Waals surface area contributed by atoms with Gasteiger partial charge in [-0.3, -0.25) is 4.79 Å². The van der Waals surface area contributed by atoms with Crippen molar-refractivity contribution in [3.05, 3.63) is 0 Å². The zero-order valence-corrected chi connectivity index (χ0v) is 7.66. The third-order valence-electron chi connectivity index (χ3n) is 1.26. The van der Waals surface area contributed by atoms with Crippen LogP contribution in [0.2, 0.25) is 0 Å². The van der Waals surface area contributed by atoms with E-state index in [0.29, 0.717) is 0 Å². The number of esters is 1. The molecule has 0 aliphatic carbocycles. The monoisotopic (exact) mass is 184 g/mol. The van der Waals surface area contributed by atoms with Gasteiger partial charge in [-0.25, -0.2) is 4.79 Å². The number of carbonyl (C=O) groups excluding carboxylic acids is 2. The SMILES string of the molecule is CCOC(=O)C(C)NC(=O)CC#N. The first-order chi connectivity index (χ1) is 6.11. The van der Waals surface area contributed by atoms with Crippen LogP contribution in [0, 0.1) is 11.3 Å². The molecule has 0 saturated heterocycles. The van der Waals surface area contributed by atoms with Crippen LogP contribution in [0.15, 0.2) is 0 Å². The average molecular weight is 184 g/mol. The fraction of sp³-hybridized carbons (Fsp3) is 0.625. The van der Waals surface area contributed by atoms with Gasteiger partial charge in [0, 0.05) is 0 Å². The summed E-state index contributed by atoms with van der Waals surface area (Å²) in [6, 6.07) is 0.986. The van der Waals surface area contributed by atoms with E-state index in [-0.39, 0.29) is 13.0 Å². The molecule has 1 N–H and O–H groups in total. The maximum Gasteiger partial charge on any atom is 0.328 e. The van der Waals surface area contributed by atoms with Crippen LogP contribution in [-0.2, 0) is 14.3 Å².